The number of hydrogen-bond donors (Lipinski definition) is 0. The molecule has 0 saturated carbocycles. The lowest BCUT2D eigenvalue weighted by molar-refractivity contribution is -0.138. The first kappa shape index (κ1) is 15.1. The lowest BCUT2D eigenvalue weighted by Crippen LogP contribution is -2.38. The highest BCUT2D eigenvalue weighted by Gasteiger charge is 2.26. The molecule has 8 heteroatoms. The summed E-state index contributed by atoms with van der Waals surface area (Å²) in [4.78, 5) is 26.0. The molecule has 3 rings (SSSR count). The molecule has 1 aromatic heterocycles. The zero-order valence-electron chi connectivity index (χ0n) is 12.8. The molecule has 1 aromatic carbocycles. The minimum Gasteiger partial charge on any atom is -0.449 e. The molecule has 1 aliphatic rings. The van der Waals surface area contributed by atoms with Gasteiger partial charge in [0.2, 0.25) is 0 Å². The van der Waals surface area contributed by atoms with Crippen molar-refractivity contribution in [1.82, 2.24) is 25.1 Å². The lowest BCUT2D eigenvalue weighted by Gasteiger charge is -2.20. The summed E-state index contributed by atoms with van der Waals surface area (Å²) in [6, 6.07) is 6.65. The van der Waals surface area contributed by atoms with E-state index in [2.05, 4.69) is 15.5 Å². The van der Waals surface area contributed by atoms with Crippen LogP contribution in [0, 0.1) is 0 Å². The second kappa shape index (κ2) is 6.55. The number of amides is 1. The summed E-state index contributed by atoms with van der Waals surface area (Å²) in [7, 11) is 0. The van der Waals surface area contributed by atoms with Gasteiger partial charge in [0.15, 0.2) is 6.10 Å². The van der Waals surface area contributed by atoms with Gasteiger partial charge in [-0.15, -0.1) is 5.10 Å². The van der Waals surface area contributed by atoms with Crippen molar-refractivity contribution in [1.29, 1.82) is 0 Å². The van der Waals surface area contributed by atoms with E-state index in [1.54, 1.807) is 36.1 Å². The van der Waals surface area contributed by atoms with Crippen molar-refractivity contribution in [2.75, 3.05) is 13.1 Å². The molecule has 0 aliphatic carbocycles. The van der Waals surface area contributed by atoms with Gasteiger partial charge in [0.05, 0.1) is 11.3 Å². The maximum atomic E-state index is 12.1. The molecule has 23 heavy (non-hydrogen) atoms. The van der Waals surface area contributed by atoms with Gasteiger partial charge >= 0.3 is 5.97 Å². The summed E-state index contributed by atoms with van der Waals surface area (Å²) >= 11 is 0. The number of carbonyl (C=O) groups is 2. The topological polar surface area (TPSA) is 90.2 Å². The smallest absolute Gasteiger partial charge is 0.338 e. The van der Waals surface area contributed by atoms with Gasteiger partial charge in [-0.3, -0.25) is 4.79 Å². The lowest BCUT2D eigenvalue weighted by atomic mass is 10.2. The van der Waals surface area contributed by atoms with E-state index in [-0.39, 0.29) is 5.91 Å². The first-order valence-corrected chi connectivity index (χ1v) is 7.48. The van der Waals surface area contributed by atoms with Crippen molar-refractivity contribution in [3.05, 3.63) is 36.2 Å². The fraction of sp³-hybridized carbons (Fsp3) is 0.400. The zero-order chi connectivity index (χ0) is 16.2. The molecule has 0 N–H and O–H groups in total. The van der Waals surface area contributed by atoms with Crippen LogP contribution in [-0.4, -0.2) is 56.2 Å². The molecule has 120 valence electrons. The summed E-state index contributed by atoms with van der Waals surface area (Å²) in [6.07, 6.45) is 2.69. The number of benzene rings is 1. The van der Waals surface area contributed by atoms with E-state index >= 15 is 0 Å². The van der Waals surface area contributed by atoms with Crippen LogP contribution in [0.15, 0.2) is 30.6 Å². The normalized spacial score (nSPS) is 15.4. The van der Waals surface area contributed by atoms with Crippen LogP contribution >= 0.6 is 0 Å². The predicted octanol–water partition coefficient (Wildman–Crippen LogP) is 0.830. The van der Waals surface area contributed by atoms with Crippen molar-refractivity contribution >= 4 is 11.9 Å². The van der Waals surface area contributed by atoms with Gasteiger partial charge in [0, 0.05) is 13.1 Å². The van der Waals surface area contributed by atoms with E-state index in [9.17, 15) is 9.59 Å². The van der Waals surface area contributed by atoms with Crippen LogP contribution in [0.5, 0.6) is 0 Å². The van der Waals surface area contributed by atoms with Crippen LogP contribution in [-0.2, 0) is 9.53 Å². The number of esters is 1. The summed E-state index contributed by atoms with van der Waals surface area (Å²) in [5.74, 6) is -0.658. The molecule has 2 heterocycles. The summed E-state index contributed by atoms with van der Waals surface area (Å²) in [6.45, 7) is 3.08. The van der Waals surface area contributed by atoms with Crippen LogP contribution in [0.4, 0.5) is 0 Å². The fourth-order valence-corrected chi connectivity index (χ4v) is 2.50. The number of carbonyl (C=O) groups excluding carboxylic acids is 2. The molecule has 0 bridgehead atoms. The number of nitrogens with zero attached hydrogens (tertiary/aromatic N) is 5. The number of likely N-dealkylation sites (tertiary alicyclic amines) is 1. The van der Waals surface area contributed by atoms with Crippen molar-refractivity contribution in [3.8, 4) is 5.69 Å². The maximum absolute atomic E-state index is 12.1. The highest BCUT2D eigenvalue weighted by atomic mass is 16.5. The first-order valence-electron chi connectivity index (χ1n) is 7.48. The number of ether oxygens (including phenoxy) is 1. The highest BCUT2D eigenvalue weighted by Crippen LogP contribution is 2.13. The van der Waals surface area contributed by atoms with Gasteiger partial charge in [0.25, 0.3) is 5.91 Å². The van der Waals surface area contributed by atoms with E-state index in [0.29, 0.717) is 5.56 Å². The Balaban J connectivity index is 1.62. The number of hydrogen-bond acceptors (Lipinski definition) is 6. The molecule has 2 aromatic rings. The molecule has 1 fully saturated rings. The van der Waals surface area contributed by atoms with Crippen molar-refractivity contribution < 1.29 is 14.3 Å². The molecule has 0 unspecified atom stereocenters. The Morgan fingerprint density at radius 3 is 2.48 bits per heavy atom. The summed E-state index contributed by atoms with van der Waals surface area (Å²) in [5, 5.41) is 10.9. The fourth-order valence-electron chi connectivity index (χ4n) is 2.50. The van der Waals surface area contributed by atoms with Gasteiger partial charge < -0.3 is 9.64 Å². The van der Waals surface area contributed by atoms with Crippen molar-refractivity contribution in [2.45, 2.75) is 25.9 Å². The van der Waals surface area contributed by atoms with Gasteiger partial charge in [-0.2, -0.15) is 0 Å². The van der Waals surface area contributed by atoms with Gasteiger partial charge in [-0.05, 0) is 54.5 Å². The van der Waals surface area contributed by atoms with Crippen LogP contribution in [0.25, 0.3) is 5.69 Å². The molecular weight excluding hydrogens is 298 g/mol. The van der Waals surface area contributed by atoms with Crippen LogP contribution < -0.4 is 0 Å². The zero-order valence-corrected chi connectivity index (χ0v) is 12.8. The summed E-state index contributed by atoms with van der Waals surface area (Å²) < 4.78 is 6.74. The van der Waals surface area contributed by atoms with E-state index < -0.39 is 12.1 Å². The molecule has 1 amide bonds. The van der Waals surface area contributed by atoms with E-state index in [1.165, 1.54) is 11.0 Å². The maximum Gasteiger partial charge on any atom is 0.338 e. The third-order valence-corrected chi connectivity index (χ3v) is 3.77. The minimum absolute atomic E-state index is 0.138. The van der Waals surface area contributed by atoms with E-state index in [0.717, 1.165) is 31.6 Å². The monoisotopic (exact) mass is 315 g/mol. The summed E-state index contributed by atoms with van der Waals surface area (Å²) in [5.41, 5.74) is 1.11. The predicted molar refractivity (Wildman–Crippen MR) is 79.8 cm³/mol. The quantitative estimate of drug-likeness (QED) is 0.776. The van der Waals surface area contributed by atoms with Crippen LogP contribution in [0.1, 0.15) is 30.1 Å². The largest absolute Gasteiger partial charge is 0.449 e. The third kappa shape index (κ3) is 3.36. The van der Waals surface area contributed by atoms with Crippen LogP contribution in [0.3, 0.4) is 0 Å². The second-order valence-electron chi connectivity index (χ2n) is 5.38. The third-order valence-electron chi connectivity index (χ3n) is 3.77. The number of tetrazole rings is 1. The number of aromatic nitrogens is 4. The van der Waals surface area contributed by atoms with E-state index in [4.69, 9.17) is 4.74 Å². The van der Waals surface area contributed by atoms with Gasteiger partial charge in [0.1, 0.15) is 6.33 Å². The second-order valence-corrected chi connectivity index (χ2v) is 5.38. The molecular formula is C15H17N5O3. The minimum atomic E-state index is -0.778. The van der Waals surface area contributed by atoms with Crippen LogP contribution in [0.2, 0.25) is 0 Å². The first-order chi connectivity index (χ1) is 11.1. The average Bonchev–Trinajstić information content (AvgIpc) is 3.27. The SMILES string of the molecule is C[C@@H](OC(=O)c1ccc(-n2cnnn2)cc1)C(=O)N1CCCC1. The highest BCUT2D eigenvalue weighted by molar-refractivity contribution is 5.92. The van der Waals surface area contributed by atoms with Gasteiger partial charge in [-0.25, -0.2) is 9.48 Å². The Hall–Kier alpha value is -2.77. The Morgan fingerprint density at radius 1 is 1.17 bits per heavy atom. The van der Waals surface area contributed by atoms with E-state index in [1.807, 2.05) is 0 Å². The molecule has 0 spiro atoms. The molecule has 1 saturated heterocycles. The molecule has 1 aliphatic heterocycles. The Bertz CT molecular complexity index is 678. The standard InChI is InChI=1S/C15H17N5O3/c1-11(14(21)19-8-2-3-9-19)23-15(22)12-4-6-13(7-5-12)20-10-16-17-18-20/h4-7,10-11H,2-3,8-9H2,1H3/t11-/m1/s1. The molecule has 8 nitrogen and oxygen atoms in total. The van der Waals surface area contributed by atoms with Crippen molar-refractivity contribution in [2.24, 2.45) is 0 Å². The Labute approximate surface area is 133 Å². The molecule has 1 atom stereocenters. The average molecular weight is 315 g/mol. The van der Waals surface area contributed by atoms with Crippen molar-refractivity contribution in [3.63, 3.8) is 0 Å². The molecule has 0 radical (unpaired) electrons. The Kier molecular flexibility index (Phi) is 4.31. The Morgan fingerprint density at radius 2 is 1.87 bits per heavy atom. The number of rotatable bonds is 4. The van der Waals surface area contributed by atoms with Gasteiger partial charge in [-0.1, -0.05) is 0 Å².